The Morgan fingerprint density at radius 3 is 2.73 bits per heavy atom. The van der Waals surface area contributed by atoms with Crippen molar-refractivity contribution in [3.63, 3.8) is 0 Å². The van der Waals surface area contributed by atoms with Gasteiger partial charge in [0.25, 0.3) is 0 Å². The SMILES string of the molecule is CCOCCCC(=O)N1CCC(N)CC1. The summed E-state index contributed by atoms with van der Waals surface area (Å²) in [4.78, 5) is 13.6. The van der Waals surface area contributed by atoms with Gasteiger partial charge in [0, 0.05) is 38.8 Å². The lowest BCUT2D eigenvalue weighted by Crippen LogP contribution is -2.42. The van der Waals surface area contributed by atoms with Crippen molar-refractivity contribution in [2.45, 2.75) is 38.6 Å². The molecule has 0 bridgehead atoms. The van der Waals surface area contributed by atoms with Gasteiger partial charge in [0.2, 0.25) is 5.91 Å². The Hall–Kier alpha value is -0.610. The number of hydrogen-bond donors (Lipinski definition) is 1. The fourth-order valence-electron chi connectivity index (χ4n) is 1.78. The lowest BCUT2D eigenvalue weighted by Gasteiger charge is -2.30. The Kier molecular flexibility index (Phi) is 5.65. The second kappa shape index (κ2) is 6.80. The molecule has 0 unspecified atom stereocenters. The molecule has 0 atom stereocenters. The van der Waals surface area contributed by atoms with Crippen LogP contribution in [0.1, 0.15) is 32.6 Å². The molecule has 88 valence electrons. The third-order valence-electron chi connectivity index (χ3n) is 2.78. The zero-order chi connectivity index (χ0) is 11.1. The van der Waals surface area contributed by atoms with Crippen molar-refractivity contribution in [1.29, 1.82) is 0 Å². The molecule has 15 heavy (non-hydrogen) atoms. The number of carbonyl (C=O) groups is 1. The molecule has 0 aromatic carbocycles. The number of likely N-dealkylation sites (tertiary alicyclic amines) is 1. The van der Waals surface area contributed by atoms with E-state index < -0.39 is 0 Å². The zero-order valence-electron chi connectivity index (χ0n) is 9.58. The lowest BCUT2D eigenvalue weighted by molar-refractivity contribution is -0.132. The van der Waals surface area contributed by atoms with E-state index >= 15 is 0 Å². The maximum atomic E-state index is 11.7. The van der Waals surface area contributed by atoms with Gasteiger partial charge in [0.1, 0.15) is 0 Å². The van der Waals surface area contributed by atoms with E-state index in [0.717, 1.165) is 39.0 Å². The van der Waals surface area contributed by atoms with E-state index in [1.54, 1.807) is 0 Å². The van der Waals surface area contributed by atoms with Gasteiger partial charge in [-0.25, -0.2) is 0 Å². The largest absolute Gasteiger partial charge is 0.382 e. The minimum absolute atomic E-state index is 0.251. The minimum atomic E-state index is 0.251. The van der Waals surface area contributed by atoms with Crippen LogP contribution in [-0.4, -0.2) is 43.2 Å². The van der Waals surface area contributed by atoms with Crippen molar-refractivity contribution < 1.29 is 9.53 Å². The quantitative estimate of drug-likeness (QED) is 0.687. The maximum Gasteiger partial charge on any atom is 0.222 e. The second-order valence-electron chi connectivity index (χ2n) is 4.02. The van der Waals surface area contributed by atoms with Crippen LogP contribution >= 0.6 is 0 Å². The molecule has 0 aliphatic carbocycles. The number of hydrogen-bond acceptors (Lipinski definition) is 3. The molecule has 0 aromatic rings. The van der Waals surface area contributed by atoms with Crippen molar-refractivity contribution in [3.05, 3.63) is 0 Å². The standard InChI is InChI=1S/C11H22N2O2/c1-2-15-9-3-4-11(14)13-7-5-10(12)6-8-13/h10H,2-9,12H2,1H3. The summed E-state index contributed by atoms with van der Waals surface area (Å²) in [5, 5.41) is 0. The molecule has 4 nitrogen and oxygen atoms in total. The first-order valence-electron chi connectivity index (χ1n) is 5.85. The fourth-order valence-corrected chi connectivity index (χ4v) is 1.78. The monoisotopic (exact) mass is 214 g/mol. The summed E-state index contributed by atoms with van der Waals surface area (Å²) in [5.74, 6) is 0.251. The molecule has 1 amide bonds. The summed E-state index contributed by atoms with van der Waals surface area (Å²) in [6, 6.07) is 0.289. The highest BCUT2D eigenvalue weighted by Gasteiger charge is 2.19. The fraction of sp³-hybridized carbons (Fsp3) is 0.909. The molecule has 1 aliphatic rings. The molecule has 0 spiro atoms. The van der Waals surface area contributed by atoms with E-state index in [-0.39, 0.29) is 11.9 Å². The Balaban J connectivity index is 2.11. The van der Waals surface area contributed by atoms with Crippen molar-refractivity contribution in [1.82, 2.24) is 4.90 Å². The van der Waals surface area contributed by atoms with Crippen LogP contribution in [-0.2, 0) is 9.53 Å². The van der Waals surface area contributed by atoms with Crippen molar-refractivity contribution in [2.75, 3.05) is 26.3 Å². The van der Waals surface area contributed by atoms with Gasteiger partial charge >= 0.3 is 0 Å². The molecule has 1 heterocycles. The molecule has 0 saturated carbocycles. The van der Waals surface area contributed by atoms with E-state index in [9.17, 15) is 4.79 Å². The topological polar surface area (TPSA) is 55.6 Å². The number of piperidine rings is 1. The first-order chi connectivity index (χ1) is 7.24. The van der Waals surface area contributed by atoms with E-state index in [1.807, 2.05) is 11.8 Å². The van der Waals surface area contributed by atoms with Crippen LogP contribution in [0.3, 0.4) is 0 Å². The highest BCUT2D eigenvalue weighted by atomic mass is 16.5. The second-order valence-corrected chi connectivity index (χ2v) is 4.02. The highest BCUT2D eigenvalue weighted by molar-refractivity contribution is 5.76. The lowest BCUT2D eigenvalue weighted by atomic mass is 10.1. The molecule has 0 radical (unpaired) electrons. The summed E-state index contributed by atoms with van der Waals surface area (Å²) in [5.41, 5.74) is 5.78. The van der Waals surface area contributed by atoms with E-state index in [4.69, 9.17) is 10.5 Å². The summed E-state index contributed by atoms with van der Waals surface area (Å²) < 4.78 is 5.20. The average molecular weight is 214 g/mol. The van der Waals surface area contributed by atoms with Gasteiger partial charge < -0.3 is 15.4 Å². The molecule has 1 saturated heterocycles. The first-order valence-corrected chi connectivity index (χ1v) is 5.85. The Bertz CT molecular complexity index is 189. The first kappa shape index (κ1) is 12.5. The predicted octanol–water partition coefficient (Wildman–Crippen LogP) is 0.753. The van der Waals surface area contributed by atoms with E-state index in [0.29, 0.717) is 13.0 Å². The number of nitrogens with two attached hydrogens (primary N) is 1. The smallest absolute Gasteiger partial charge is 0.222 e. The Morgan fingerprint density at radius 2 is 2.13 bits per heavy atom. The van der Waals surface area contributed by atoms with Crippen molar-refractivity contribution >= 4 is 5.91 Å². The van der Waals surface area contributed by atoms with Gasteiger partial charge in [0.05, 0.1) is 0 Å². The molecular weight excluding hydrogens is 192 g/mol. The Labute approximate surface area is 91.8 Å². The zero-order valence-corrected chi connectivity index (χ0v) is 9.58. The van der Waals surface area contributed by atoms with Gasteiger partial charge in [-0.15, -0.1) is 0 Å². The van der Waals surface area contributed by atoms with E-state index in [2.05, 4.69) is 0 Å². The number of amides is 1. The van der Waals surface area contributed by atoms with Gasteiger partial charge in [-0.2, -0.15) is 0 Å². The van der Waals surface area contributed by atoms with Gasteiger partial charge in [-0.3, -0.25) is 4.79 Å². The third-order valence-corrected chi connectivity index (χ3v) is 2.78. The normalized spacial score (nSPS) is 18.1. The van der Waals surface area contributed by atoms with Crippen LogP contribution < -0.4 is 5.73 Å². The summed E-state index contributed by atoms with van der Waals surface area (Å²) in [6.45, 7) is 5.04. The molecule has 1 fully saturated rings. The summed E-state index contributed by atoms with van der Waals surface area (Å²) in [7, 11) is 0. The number of nitrogens with zero attached hydrogens (tertiary/aromatic N) is 1. The van der Waals surface area contributed by atoms with Crippen LogP contribution in [0.25, 0.3) is 0 Å². The number of ether oxygens (including phenoxy) is 1. The molecule has 2 N–H and O–H groups in total. The van der Waals surface area contributed by atoms with Crippen LogP contribution in [0.5, 0.6) is 0 Å². The minimum Gasteiger partial charge on any atom is -0.382 e. The highest BCUT2D eigenvalue weighted by Crippen LogP contribution is 2.10. The summed E-state index contributed by atoms with van der Waals surface area (Å²) in [6.07, 6.45) is 3.32. The molecule has 1 rings (SSSR count). The molecule has 1 aliphatic heterocycles. The van der Waals surface area contributed by atoms with Gasteiger partial charge in [-0.1, -0.05) is 0 Å². The number of rotatable bonds is 5. The Morgan fingerprint density at radius 1 is 1.47 bits per heavy atom. The summed E-state index contributed by atoms with van der Waals surface area (Å²) >= 11 is 0. The van der Waals surface area contributed by atoms with Crippen LogP contribution in [0.4, 0.5) is 0 Å². The van der Waals surface area contributed by atoms with Crippen molar-refractivity contribution in [3.8, 4) is 0 Å². The number of carbonyl (C=O) groups excluding carboxylic acids is 1. The van der Waals surface area contributed by atoms with Crippen LogP contribution in [0.2, 0.25) is 0 Å². The molecular formula is C11H22N2O2. The molecule has 0 aromatic heterocycles. The maximum absolute atomic E-state index is 11.7. The average Bonchev–Trinajstić information content (AvgIpc) is 2.25. The third kappa shape index (κ3) is 4.62. The predicted molar refractivity (Wildman–Crippen MR) is 59.5 cm³/mol. The van der Waals surface area contributed by atoms with Gasteiger partial charge in [-0.05, 0) is 26.2 Å². The molecule has 4 heteroatoms. The van der Waals surface area contributed by atoms with Crippen molar-refractivity contribution in [2.24, 2.45) is 5.73 Å². The van der Waals surface area contributed by atoms with Crippen LogP contribution in [0.15, 0.2) is 0 Å². The van der Waals surface area contributed by atoms with Crippen LogP contribution in [0, 0.1) is 0 Å². The van der Waals surface area contributed by atoms with E-state index in [1.165, 1.54) is 0 Å². The van der Waals surface area contributed by atoms with Gasteiger partial charge in [0.15, 0.2) is 0 Å².